The highest BCUT2D eigenvalue weighted by Crippen LogP contribution is 2.23. The molecule has 0 spiro atoms. The molecular weight excluding hydrogens is 328 g/mol. The second-order valence-electron chi connectivity index (χ2n) is 8.53. The van der Waals surface area contributed by atoms with Crippen molar-refractivity contribution in [2.45, 2.75) is 59.0 Å². The summed E-state index contributed by atoms with van der Waals surface area (Å²) in [5.74, 6) is -1.13. The van der Waals surface area contributed by atoms with E-state index in [9.17, 15) is 14.7 Å². The third-order valence-corrected chi connectivity index (χ3v) is 5.00. The number of benzene rings is 1. The number of amides is 1. The van der Waals surface area contributed by atoms with Crippen molar-refractivity contribution in [1.82, 2.24) is 10.2 Å². The van der Waals surface area contributed by atoms with E-state index in [0.29, 0.717) is 6.42 Å². The summed E-state index contributed by atoms with van der Waals surface area (Å²) < 4.78 is 0. The number of carboxylic acid groups (broad SMARTS) is 1. The standard InChI is InChI=1S/C21H32N2O3/c1-21(2,3)12-9-18(20(25)26)22-19(24)17-10-13-23(14-11-17)15-16-7-5-4-6-8-16/h4-8,17-18H,9-15H2,1-3H3,(H,22,24)(H,25,26). The van der Waals surface area contributed by atoms with Crippen LogP contribution in [0, 0.1) is 11.3 Å². The van der Waals surface area contributed by atoms with E-state index in [4.69, 9.17) is 0 Å². The second-order valence-corrected chi connectivity index (χ2v) is 8.53. The predicted octanol–water partition coefficient (Wildman–Crippen LogP) is 3.29. The number of rotatable bonds is 7. The van der Waals surface area contributed by atoms with Gasteiger partial charge in [-0.2, -0.15) is 0 Å². The number of piperidine rings is 1. The number of aliphatic carboxylic acids is 1. The number of likely N-dealkylation sites (tertiary alicyclic amines) is 1. The molecule has 26 heavy (non-hydrogen) atoms. The van der Waals surface area contributed by atoms with Crippen molar-refractivity contribution in [1.29, 1.82) is 0 Å². The molecular formula is C21H32N2O3. The summed E-state index contributed by atoms with van der Waals surface area (Å²) in [6.07, 6.45) is 2.80. The minimum atomic E-state index is -0.941. The van der Waals surface area contributed by atoms with Crippen molar-refractivity contribution in [2.75, 3.05) is 13.1 Å². The minimum absolute atomic E-state index is 0.0568. The van der Waals surface area contributed by atoms with Gasteiger partial charge in [0.15, 0.2) is 0 Å². The van der Waals surface area contributed by atoms with Crippen molar-refractivity contribution in [3.8, 4) is 0 Å². The van der Waals surface area contributed by atoms with Crippen LogP contribution in [-0.4, -0.2) is 41.0 Å². The van der Waals surface area contributed by atoms with E-state index in [2.05, 4.69) is 43.1 Å². The van der Waals surface area contributed by atoms with Crippen molar-refractivity contribution in [3.05, 3.63) is 35.9 Å². The first-order chi connectivity index (χ1) is 12.2. The van der Waals surface area contributed by atoms with Gasteiger partial charge < -0.3 is 10.4 Å². The molecule has 0 radical (unpaired) electrons. The van der Waals surface area contributed by atoms with Gasteiger partial charge in [0.2, 0.25) is 5.91 Å². The summed E-state index contributed by atoms with van der Waals surface area (Å²) in [5.41, 5.74) is 1.34. The van der Waals surface area contributed by atoms with Gasteiger partial charge in [-0.3, -0.25) is 9.69 Å². The molecule has 1 amide bonds. The van der Waals surface area contributed by atoms with E-state index in [1.807, 2.05) is 18.2 Å². The molecule has 2 rings (SSSR count). The molecule has 5 heteroatoms. The topological polar surface area (TPSA) is 69.6 Å². The fourth-order valence-corrected chi connectivity index (χ4v) is 3.32. The molecule has 1 aromatic carbocycles. The van der Waals surface area contributed by atoms with Gasteiger partial charge in [0.05, 0.1) is 0 Å². The van der Waals surface area contributed by atoms with Crippen LogP contribution in [0.5, 0.6) is 0 Å². The molecule has 0 aliphatic carbocycles. The lowest BCUT2D eigenvalue weighted by Gasteiger charge is -2.32. The van der Waals surface area contributed by atoms with Crippen molar-refractivity contribution in [2.24, 2.45) is 11.3 Å². The molecule has 1 aliphatic heterocycles. The normalized spacial score (nSPS) is 17.7. The molecule has 5 nitrogen and oxygen atoms in total. The van der Waals surface area contributed by atoms with Gasteiger partial charge in [-0.05, 0) is 49.8 Å². The highest BCUT2D eigenvalue weighted by molar-refractivity contribution is 5.85. The molecule has 2 N–H and O–H groups in total. The van der Waals surface area contributed by atoms with E-state index >= 15 is 0 Å². The minimum Gasteiger partial charge on any atom is -0.480 e. The molecule has 1 atom stereocenters. The van der Waals surface area contributed by atoms with Crippen LogP contribution in [0.15, 0.2) is 30.3 Å². The Morgan fingerprint density at radius 2 is 1.81 bits per heavy atom. The zero-order valence-electron chi connectivity index (χ0n) is 16.2. The highest BCUT2D eigenvalue weighted by Gasteiger charge is 2.29. The maximum Gasteiger partial charge on any atom is 0.326 e. The zero-order valence-corrected chi connectivity index (χ0v) is 16.2. The van der Waals surface area contributed by atoms with E-state index in [-0.39, 0.29) is 17.2 Å². The number of carbonyl (C=O) groups is 2. The summed E-state index contributed by atoms with van der Waals surface area (Å²) in [6, 6.07) is 9.54. The Morgan fingerprint density at radius 1 is 1.19 bits per heavy atom. The molecule has 0 saturated carbocycles. The Morgan fingerprint density at radius 3 is 2.35 bits per heavy atom. The number of nitrogens with zero attached hydrogens (tertiary/aromatic N) is 1. The summed E-state index contributed by atoms with van der Waals surface area (Å²) in [6.45, 7) is 8.88. The van der Waals surface area contributed by atoms with E-state index in [1.165, 1.54) is 5.56 Å². The second kappa shape index (κ2) is 9.17. The molecule has 1 unspecified atom stereocenters. The quantitative estimate of drug-likeness (QED) is 0.783. The lowest BCUT2D eigenvalue weighted by Crippen LogP contribution is -2.46. The van der Waals surface area contributed by atoms with E-state index in [0.717, 1.165) is 38.9 Å². The van der Waals surface area contributed by atoms with Crippen LogP contribution in [-0.2, 0) is 16.1 Å². The van der Waals surface area contributed by atoms with Gasteiger partial charge in [0, 0.05) is 12.5 Å². The Kier molecular flexibility index (Phi) is 7.21. The maximum atomic E-state index is 12.5. The fourth-order valence-electron chi connectivity index (χ4n) is 3.32. The first kappa shape index (κ1) is 20.4. The number of hydrogen-bond acceptors (Lipinski definition) is 3. The monoisotopic (exact) mass is 360 g/mol. The van der Waals surface area contributed by atoms with Crippen LogP contribution in [0.4, 0.5) is 0 Å². The average Bonchev–Trinajstić information content (AvgIpc) is 2.59. The number of nitrogens with one attached hydrogen (secondary N) is 1. The first-order valence-electron chi connectivity index (χ1n) is 9.54. The summed E-state index contributed by atoms with van der Waals surface area (Å²) in [5, 5.41) is 12.2. The molecule has 0 bridgehead atoms. The van der Waals surface area contributed by atoms with Gasteiger partial charge in [-0.15, -0.1) is 0 Å². The van der Waals surface area contributed by atoms with Crippen LogP contribution in [0.3, 0.4) is 0 Å². The summed E-state index contributed by atoms with van der Waals surface area (Å²) in [7, 11) is 0. The van der Waals surface area contributed by atoms with Gasteiger partial charge in [-0.1, -0.05) is 51.1 Å². The summed E-state index contributed by atoms with van der Waals surface area (Å²) in [4.78, 5) is 26.3. The van der Waals surface area contributed by atoms with E-state index < -0.39 is 12.0 Å². The van der Waals surface area contributed by atoms with Gasteiger partial charge in [0.25, 0.3) is 0 Å². The average molecular weight is 360 g/mol. The molecule has 144 valence electrons. The molecule has 1 aromatic rings. The molecule has 1 fully saturated rings. The third kappa shape index (κ3) is 6.79. The SMILES string of the molecule is CC(C)(C)CCC(NC(=O)C1CCN(Cc2ccccc2)CC1)C(=O)O. The lowest BCUT2D eigenvalue weighted by atomic mass is 9.88. The van der Waals surface area contributed by atoms with Crippen molar-refractivity contribution < 1.29 is 14.7 Å². The van der Waals surface area contributed by atoms with Crippen LogP contribution in [0.2, 0.25) is 0 Å². The highest BCUT2D eigenvalue weighted by atomic mass is 16.4. The van der Waals surface area contributed by atoms with Crippen LogP contribution in [0.1, 0.15) is 52.0 Å². The molecule has 1 saturated heterocycles. The zero-order chi connectivity index (χ0) is 19.2. The van der Waals surface area contributed by atoms with Gasteiger partial charge in [0.1, 0.15) is 6.04 Å². The van der Waals surface area contributed by atoms with Crippen molar-refractivity contribution >= 4 is 11.9 Å². The molecule has 1 aliphatic rings. The van der Waals surface area contributed by atoms with Gasteiger partial charge >= 0.3 is 5.97 Å². The van der Waals surface area contributed by atoms with Crippen molar-refractivity contribution in [3.63, 3.8) is 0 Å². The smallest absolute Gasteiger partial charge is 0.326 e. The molecule has 1 heterocycles. The lowest BCUT2D eigenvalue weighted by molar-refractivity contribution is -0.143. The van der Waals surface area contributed by atoms with Crippen LogP contribution >= 0.6 is 0 Å². The third-order valence-electron chi connectivity index (χ3n) is 5.00. The first-order valence-corrected chi connectivity index (χ1v) is 9.54. The van der Waals surface area contributed by atoms with Crippen LogP contribution < -0.4 is 5.32 Å². The fraction of sp³-hybridized carbons (Fsp3) is 0.619. The maximum absolute atomic E-state index is 12.5. The van der Waals surface area contributed by atoms with E-state index in [1.54, 1.807) is 0 Å². The van der Waals surface area contributed by atoms with Crippen LogP contribution in [0.25, 0.3) is 0 Å². The predicted molar refractivity (Wildman–Crippen MR) is 103 cm³/mol. The molecule has 0 aromatic heterocycles. The Balaban J connectivity index is 1.80. The number of carboxylic acids is 1. The Bertz CT molecular complexity index is 587. The Labute approximate surface area is 156 Å². The number of carbonyl (C=O) groups excluding carboxylic acids is 1. The Hall–Kier alpha value is -1.88. The largest absolute Gasteiger partial charge is 0.480 e. The van der Waals surface area contributed by atoms with Gasteiger partial charge in [-0.25, -0.2) is 4.79 Å². The summed E-state index contributed by atoms with van der Waals surface area (Å²) >= 11 is 0. The number of hydrogen-bond donors (Lipinski definition) is 2.